The van der Waals surface area contributed by atoms with Crippen molar-refractivity contribution in [2.45, 2.75) is 6.42 Å². The van der Waals surface area contributed by atoms with Gasteiger partial charge in [-0.05, 0) is 12.1 Å². The molecule has 0 aliphatic heterocycles. The Morgan fingerprint density at radius 1 is 1.54 bits per heavy atom. The van der Waals surface area contributed by atoms with Gasteiger partial charge in [0.05, 0.1) is 11.4 Å². The molecule has 72 valence electrons. The van der Waals surface area contributed by atoms with E-state index in [-0.39, 0.29) is 17.9 Å². The zero-order valence-electron chi connectivity index (χ0n) is 6.57. The maximum Gasteiger partial charge on any atom is 0.232 e. The first kappa shape index (κ1) is 10.4. The Morgan fingerprint density at radius 3 is 2.77 bits per heavy atom. The predicted octanol–water partition coefficient (Wildman–Crippen LogP) is 1.33. The molecule has 0 saturated carbocycles. The summed E-state index contributed by atoms with van der Waals surface area (Å²) in [6, 6.07) is 2.66. The van der Waals surface area contributed by atoms with E-state index in [0.29, 0.717) is 0 Å². The van der Waals surface area contributed by atoms with E-state index in [1.165, 1.54) is 18.3 Å². The third kappa shape index (κ3) is 3.69. The highest BCUT2D eigenvalue weighted by molar-refractivity contribution is 8.13. The summed E-state index contributed by atoms with van der Waals surface area (Å²) in [4.78, 5) is 3.68. The normalized spacial score (nSPS) is 11.5. The van der Waals surface area contributed by atoms with Crippen LogP contribution in [0.2, 0.25) is 0 Å². The summed E-state index contributed by atoms with van der Waals surface area (Å²) >= 11 is 0. The fraction of sp³-hybridized carbons (Fsp3) is 0.286. The molecule has 0 radical (unpaired) electrons. The largest absolute Gasteiger partial charge is 0.258 e. The summed E-state index contributed by atoms with van der Waals surface area (Å²) in [6.07, 6.45) is 1.40. The number of nitrogens with zero attached hydrogens (tertiary/aromatic N) is 1. The Bertz CT molecular complexity index is 393. The molecule has 1 rings (SSSR count). The van der Waals surface area contributed by atoms with E-state index in [9.17, 15) is 12.8 Å². The number of hydrogen-bond acceptors (Lipinski definition) is 3. The molecule has 1 aromatic rings. The topological polar surface area (TPSA) is 47.0 Å². The molecule has 1 heterocycles. The van der Waals surface area contributed by atoms with E-state index < -0.39 is 14.9 Å². The quantitative estimate of drug-likeness (QED) is 0.727. The summed E-state index contributed by atoms with van der Waals surface area (Å²) in [5.41, 5.74) is 0.117. The van der Waals surface area contributed by atoms with Crippen molar-refractivity contribution >= 4 is 19.7 Å². The molecule has 0 N–H and O–H groups in total. The van der Waals surface area contributed by atoms with Crippen molar-refractivity contribution in [3.05, 3.63) is 29.8 Å². The van der Waals surface area contributed by atoms with E-state index in [1.54, 1.807) is 0 Å². The van der Waals surface area contributed by atoms with Crippen LogP contribution in [0.15, 0.2) is 18.3 Å². The maximum absolute atomic E-state index is 12.9. The predicted molar refractivity (Wildman–Crippen MR) is 47.5 cm³/mol. The Hall–Kier alpha value is -0.680. The molecule has 0 atom stereocenters. The fourth-order valence-electron chi connectivity index (χ4n) is 0.821. The maximum atomic E-state index is 12.9. The van der Waals surface area contributed by atoms with Gasteiger partial charge in [0, 0.05) is 23.3 Å². The Labute approximate surface area is 80.0 Å². The second kappa shape index (κ2) is 4.02. The summed E-state index contributed by atoms with van der Waals surface area (Å²) in [6.45, 7) is 0. The van der Waals surface area contributed by atoms with Crippen LogP contribution in [0.25, 0.3) is 0 Å². The Morgan fingerprint density at radius 2 is 2.23 bits per heavy atom. The van der Waals surface area contributed by atoms with Crippen molar-refractivity contribution in [3.8, 4) is 0 Å². The van der Waals surface area contributed by atoms with Crippen LogP contribution in [0.4, 0.5) is 4.39 Å². The highest BCUT2D eigenvalue weighted by Crippen LogP contribution is 2.06. The standard InChI is InChI=1S/C7H7ClFNO2S/c8-13(11,12)5-3-7-6(9)2-1-4-10-7/h1-2,4H,3,5H2. The van der Waals surface area contributed by atoms with Gasteiger partial charge in [0.15, 0.2) is 0 Å². The van der Waals surface area contributed by atoms with Crippen molar-refractivity contribution in [1.29, 1.82) is 0 Å². The van der Waals surface area contributed by atoms with Crippen LogP contribution in [0.5, 0.6) is 0 Å². The molecule has 0 unspecified atom stereocenters. The van der Waals surface area contributed by atoms with E-state index in [4.69, 9.17) is 10.7 Å². The van der Waals surface area contributed by atoms with Gasteiger partial charge in [-0.3, -0.25) is 4.98 Å². The summed E-state index contributed by atoms with van der Waals surface area (Å²) in [5, 5.41) is 0. The van der Waals surface area contributed by atoms with Crippen LogP contribution in [0, 0.1) is 5.82 Å². The Balaban J connectivity index is 2.71. The van der Waals surface area contributed by atoms with Crippen LogP contribution in [-0.4, -0.2) is 19.2 Å². The van der Waals surface area contributed by atoms with Crippen molar-refractivity contribution < 1.29 is 12.8 Å². The van der Waals surface area contributed by atoms with E-state index in [0.717, 1.165) is 0 Å². The molecule has 1 aromatic heterocycles. The lowest BCUT2D eigenvalue weighted by Crippen LogP contribution is -2.04. The van der Waals surface area contributed by atoms with Crippen LogP contribution >= 0.6 is 10.7 Å². The monoisotopic (exact) mass is 223 g/mol. The Kier molecular flexibility index (Phi) is 3.22. The average molecular weight is 224 g/mol. The first-order valence-electron chi connectivity index (χ1n) is 3.51. The van der Waals surface area contributed by atoms with Crippen LogP contribution < -0.4 is 0 Å². The molecule has 0 aliphatic rings. The lowest BCUT2D eigenvalue weighted by molar-refractivity contribution is 0.595. The van der Waals surface area contributed by atoms with Crippen molar-refractivity contribution in [1.82, 2.24) is 4.98 Å². The second-order valence-corrected chi connectivity index (χ2v) is 5.32. The molecular formula is C7H7ClFNO2S. The van der Waals surface area contributed by atoms with Gasteiger partial charge in [0.2, 0.25) is 9.05 Å². The molecule has 0 aliphatic carbocycles. The third-order valence-corrected chi connectivity index (χ3v) is 2.57. The lowest BCUT2D eigenvalue weighted by atomic mass is 10.3. The van der Waals surface area contributed by atoms with Gasteiger partial charge < -0.3 is 0 Å². The van der Waals surface area contributed by atoms with Crippen LogP contribution in [0.1, 0.15) is 5.69 Å². The van der Waals surface area contributed by atoms with E-state index in [2.05, 4.69) is 4.98 Å². The van der Waals surface area contributed by atoms with Gasteiger partial charge >= 0.3 is 0 Å². The van der Waals surface area contributed by atoms with Crippen molar-refractivity contribution in [2.75, 3.05) is 5.75 Å². The summed E-state index contributed by atoms with van der Waals surface area (Å²) < 4.78 is 33.9. The van der Waals surface area contributed by atoms with Gasteiger partial charge in [-0.1, -0.05) is 0 Å². The second-order valence-electron chi connectivity index (χ2n) is 2.42. The minimum absolute atomic E-state index is 0.00148. The number of halogens is 2. The average Bonchev–Trinajstić information content (AvgIpc) is 2.01. The molecule has 0 amide bonds. The zero-order chi connectivity index (χ0) is 9.90. The van der Waals surface area contributed by atoms with Gasteiger partial charge in [0.1, 0.15) is 5.82 Å². The molecule has 0 saturated heterocycles. The first-order chi connectivity index (χ1) is 5.99. The number of hydrogen-bond donors (Lipinski definition) is 0. The first-order valence-corrected chi connectivity index (χ1v) is 5.98. The summed E-state index contributed by atoms with van der Waals surface area (Å²) in [5.74, 6) is -0.814. The van der Waals surface area contributed by atoms with Crippen LogP contribution in [0.3, 0.4) is 0 Å². The fourth-order valence-corrected chi connectivity index (χ4v) is 1.49. The number of rotatable bonds is 3. The zero-order valence-corrected chi connectivity index (χ0v) is 8.15. The number of pyridine rings is 1. The lowest BCUT2D eigenvalue weighted by Gasteiger charge is -1.98. The third-order valence-electron chi connectivity index (χ3n) is 1.42. The minimum atomic E-state index is -3.57. The van der Waals surface area contributed by atoms with Gasteiger partial charge in [-0.25, -0.2) is 12.8 Å². The van der Waals surface area contributed by atoms with Crippen LogP contribution in [-0.2, 0) is 15.5 Å². The molecule has 0 aromatic carbocycles. The molecule has 0 spiro atoms. The van der Waals surface area contributed by atoms with Gasteiger partial charge in [-0.15, -0.1) is 0 Å². The molecule has 13 heavy (non-hydrogen) atoms. The molecule has 6 heteroatoms. The smallest absolute Gasteiger partial charge is 0.232 e. The SMILES string of the molecule is O=S(=O)(Cl)CCc1ncccc1F. The molecule has 0 bridgehead atoms. The van der Waals surface area contributed by atoms with E-state index >= 15 is 0 Å². The summed E-state index contributed by atoms with van der Waals surface area (Å²) in [7, 11) is 1.38. The van der Waals surface area contributed by atoms with Crippen molar-refractivity contribution in [3.63, 3.8) is 0 Å². The molecule has 0 fully saturated rings. The number of aryl methyl sites for hydroxylation is 1. The minimum Gasteiger partial charge on any atom is -0.258 e. The molecule has 3 nitrogen and oxygen atoms in total. The highest BCUT2D eigenvalue weighted by atomic mass is 35.7. The van der Waals surface area contributed by atoms with E-state index in [1.807, 2.05) is 0 Å². The van der Waals surface area contributed by atoms with Gasteiger partial charge in [-0.2, -0.15) is 0 Å². The highest BCUT2D eigenvalue weighted by Gasteiger charge is 2.09. The van der Waals surface area contributed by atoms with Gasteiger partial charge in [0.25, 0.3) is 0 Å². The van der Waals surface area contributed by atoms with Crippen molar-refractivity contribution in [2.24, 2.45) is 0 Å². The molecular weight excluding hydrogens is 217 g/mol. The number of aromatic nitrogens is 1.